The third-order valence-corrected chi connectivity index (χ3v) is 3.74. The number of halogens is 3. The van der Waals surface area contributed by atoms with E-state index in [2.05, 4.69) is 10.0 Å². The molecule has 0 fully saturated rings. The molecule has 16 heavy (non-hydrogen) atoms. The number of sulfonamides is 1. The standard InChI is InChI=1S/C7H15F3N2O2S2/c1-11-3-2-6-16(13,14)12-4-5-15-7(8,9)10/h11-12H,2-6H2,1H3. The van der Waals surface area contributed by atoms with Gasteiger partial charge in [0.15, 0.2) is 0 Å². The van der Waals surface area contributed by atoms with E-state index in [4.69, 9.17) is 0 Å². The first kappa shape index (κ1) is 16.0. The molecule has 0 saturated heterocycles. The molecule has 9 heteroatoms. The maximum atomic E-state index is 11.7. The minimum Gasteiger partial charge on any atom is -0.320 e. The van der Waals surface area contributed by atoms with Crippen LogP contribution in [0.25, 0.3) is 0 Å². The molecule has 0 bridgehead atoms. The molecule has 4 nitrogen and oxygen atoms in total. The van der Waals surface area contributed by atoms with Gasteiger partial charge in [-0.05, 0) is 31.8 Å². The molecule has 98 valence electrons. The van der Waals surface area contributed by atoms with E-state index in [1.807, 2.05) is 0 Å². The zero-order valence-corrected chi connectivity index (χ0v) is 10.4. The van der Waals surface area contributed by atoms with Gasteiger partial charge in [-0.15, -0.1) is 0 Å². The SMILES string of the molecule is CNCCCS(=O)(=O)NCCSC(F)(F)F. The number of thioether (sulfide) groups is 1. The molecule has 0 spiro atoms. The van der Waals surface area contributed by atoms with Crippen LogP contribution in [-0.4, -0.2) is 45.6 Å². The minimum absolute atomic E-state index is 0.0788. The maximum Gasteiger partial charge on any atom is 0.441 e. The number of hydrogen-bond donors (Lipinski definition) is 2. The predicted octanol–water partition coefficient (Wildman–Crippen LogP) is 0.768. The number of nitrogens with one attached hydrogen (secondary N) is 2. The van der Waals surface area contributed by atoms with E-state index in [1.54, 1.807) is 7.05 Å². The van der Waals surface area contributed by atoms with E-state index in [9.17, 15) is 21.6 Å². The summed E-state index contributed by atoms with van der Waals surface area (Å²) in [4.78, 5) is 0. The summed E-state index contributed by atoms with van der Waals surface area (Å²) in [6.45, 7) is 0.351. The highest BCUT2D eigenvalue weighted by Gasteiger charge is 2.27. The predicted molar refractivity (Wildman–Crippen MR) is 58.8 cm³/mol. The van der Waals surface area contributed by atoms with Crippen LogP contribution in [0, 0.1) is 0 Å². The summed E-state index contributed by atoms with van der Waals surface area (Å²) < 4.78 is 59.6. The molecular formula is C7H15F3N2O2S2. The minimum atomic E-state index is -4.31. The van der Waals surface area contributed by atoms with Crippen LogP contribution < -0.4 is 10.0 Å². The Morgan fingerprint density at radius 3 is 2.38 bits per heavy atom. The summed E-state index contributed by atoms with van der Waals surface area (Å²) in [5.74, 6) is -0.390. The first-order valence-corrected chi connectivity index (χ1v) is 7.23. The molecule has 0 heterocycles. The summed E-state index contributed by atoms with van der Waals surface area (Å²) >= 11 is -0.237. The molecule has 0 unspecified atom stereocenters. The molecule has 2 N–H and O–H groups in total. The van der Waals surface area contributed by atoms with Gasteiger partial charge in [0.2, 0.25) is 10.0 Å². The monoisotopic (exact) mass is 280 g/mol. The Hall–Kier alpha value is 0.01000. The Bertz CT molecular complexity index is 280. The van der Waals surface area contributed by atoms with Gasteiger partial charge < -0.3 is 5.32 Å². The van der Waals surface area contributed by atoms with Crippen LogP contribution in [-0.2, 0) is 10.0 Å². The lowest BCUT2D eigenvalue weighted by atomic mass is 10.5. The van der Waals surface area contributed by atoms with Gasteiger partial charge in [0.05, 0.1) is 5.75 Å². The Morgan fingerprint density at radius 2 is 1.88 bits per heavy atom. The average molecular weight is 280 g/mol. The van der Waals surface area contributed by atoms with Crippen LogP contribution in [0.2, 0.25) is 0 Å². The molecule has 0 rings (SSSR count). The summed E-state index contributed by atoms with van der Waals surface area (Å²) in [6, 6.07) is 0. The van der Waals surface area contributed by atoms with Gasteiger partial charge in [0.25, 0.3) is 0 Å². The van der Waals surface area contributed by atoms with Crippen molar-refractivity contribution >= 4 is 21.8 Å². The van der Waals surface area contributed by atoms with Crippen LogP contribution in [0.15, 0.2) is 0 Å². The summed E-state index contributed by atoms with van der Waals surface area (Å²) in [5, 5.41) is 2.78. The van der Waals surface area contributed by atoms with Crippen molar-refractivity contribution in [1.29, 1.82) is 0 Å². The fourth-order valence-corrected chi connectivity index (χ4v) is 2.52. The molecule has 0 saturated carbocycles. The Kier molecular flexibility index (Phi) is 7.36. The molecule has 0 amide bonds. The Balaban J connectivity index is 3.67. The lowest BCUT2D eigenvalue weighted by molar-refractivity contribution is -0.0327. The highest BCUT2D eigenvalue weighted by atomic mass is 32.2. The summed E-state index contributed by atoms with van der Waals surface area (Å²) in [7, 11) is -1.75. The van der Waals surface area contributed by atoms with Crippen molar-refractivity contribution in [3.05, 3.63) is 0 Å². The molecule has 0 aromatic heterocycles. The third kappa shape index (κ3) is 10.5. The largest absolute Gasteiger partial charge is 0.441 e. The van der Waals surface area contributed by atoms with E-state index in [-0.39, 0.29) is 29.8 Å². The molecule has 0 aliphatic carbocycles. The normalized spacial score (nSPS) is 13.0. The highest BCUT2D eigenvalue weighted by molar-refractivity contribution is 8.00. The maximum absolute atomic E-state index is 11.7. The molecule has 0 aliphatic heterocycles. The van der Waals surface area contributed by atoms with Crippen molar-refractivity contribution in [3.63, 3.8) is 0 Å². The van der Waals surface area contributed by atoms with E-state index in [0.717, 1.165) is 0 Å². The second-order valence-corrected chi connectivity index (χ2v) is 6.05. The smallest absolute Gasteiger partial charge is 0.320 e. The van der Waals surface area contributed by atoms with Crippen molar-refractivity contribution in [2.75, 3.05) is 31.6 Å². The van der Waals surface area contributed by atoms with E-state index in [1.165, 1.54) is 0 Å². The van der Waals surface area contributed by atoms with Gasteiger partial charge >= 0.3 is 5.51 Å². The average Bonchev–Trinajstić information content (AvgIpc) is 2.11. The Labute approximate surface area is 97.4 Å². The fraction of sp³-hybridized carbons (Fsp3) is 1.00. The first-order chi connectivity index (χ1) is 7.27. The van der Waals surface area contributed by atoms with Gasteiger partial charge in [-0.3, -0.25) is 0 Å². The fourth-order valence-electron chi connectivity index (χ4n) is 0.875. The number of alkyl halides is 3. The molecule has 0 aromatic rings. The van der Waals surface area contributed by atoms with E-state index >= 15 is 0 Å². The number of rotatable bonds is 8. The van der Waals surface area contributed by atoms with Gasteiger partial charge in [-0.2, -0.15) is 13.2 Å². The van der Waals surface area contributed by atoms with Crippen molar-refractivity contribution < 1.29 is 21.6 Å². The summed E-state index contributed by atoms with van der Waals surface area (Å²) in [6.07, 6.45) is 0.429. The summed E-state index contributed by atoms with van der Waals surface area (Å²) in [5.41, 5.74) is -4.31. The van der Waals surface area contributed by atoms with Crippen molar-refractivity contribution in [1.82, 2.24) is 10.0 Å². The molecule has 0 aliphatic rings. The Morgan fingerprint density at radius 1 is 1.25 bits per heavy atom. The zero-order chi connectivity index (χ0) is 12.7. The van der Waals surface area contributed by atoms with E-state index in [0.29, 0.717) is 13.0 Å². The zero-order valence-electron chi connectivity index (χ0n) is 8.80. The second-order valence-electron chi connectivity index (χ2n) is 2.96. The molecule has 0 atom stereocenters. The third-order valence-electron chi connectivity index (χ3n) is 1.53. The topological polar surface area (TPSA) is 58.2 Å². The van der Waals surface area contributed by atoms with Crippen LogP contribution in [0.4, 0.5) is 13.2 Å². The first-order valence-electron chi connectivity index (χ1n) is 4.59. The van der Waals surface area contributed by atoms with Gasteiger partial charge in [-0.25, -0.2) is 13.1 Å². The molecule has 0 radical (unpaired) electrons. The van der Waals surface area contributed by atoms with Crippen LogP contribution >= 0.6 is 11.8 Å². The number of hydrogen-bond acceptors (Lipinski definition) is 4. The van der Waals surface area contributed by atoms with Crippen LogP contribution in [0.5, 0.6) is 0 Å². The molecule has 0 aromatic carbocycles. The second kappa shape index (κ2) is 7.36. The van der Waals surface area contributed by atoms with Gasteiger partial charge in [-0.1, -0.05) is 0 Å². The van der Waals surface area contributed by atoms with E-state index < -0.39 is 15.5 Å². The van der Waals surface area contributed by atoms with Crippen molar-refractivity contribution in [2.45, 2.75) is 11.9 Å². The molecular weight excluding hydrogens is 265 g/mol. The van der Waals surface area contributed by atoms with Gasteiger partial charge in [0, 0.05) is 12.3 Å². The van der Waals surface area contributed by atoms with Crippen molar-refractivity contribution in [3.8, 4) is 0 Å². The highest BCUT2D eigenvalue weighted by Crippen LogP contribution is 2.29. The lowest BCUT2D eigenvalue weighted by Gasteiger charge is -2.07. The van der Waals surface area contributed by atoms with Gasteiger partial charge in [0.1, 0.15) is 0 Å². The quantitative estimate of drug-likeness (QED) is 0.645. The van der Waals surface area contributed by atoms with Crippen LogP contribution in [0.1, 0.15) is 6.42 Å². The van der Waals surface area contributed by atoms with Crippen LogP contribution in [0.3, 0.4) is 0 Å². The lowest BCUT2D eigenvalue weighted by Crippen LogP contribution is -2.30. The van der Waals surface area contributed by atoms with Crippen molar-refractivity contribution in [2.24, 2.45) is 0 Å².